The number of rotatable bonds is 3. The van der Waals surface area contributed by atoms with Crippen LogP contribution in [0.25, 0.3) is 11.2 Å². The maximum absolute atomic E-state index is 5.41. The molecule has 3 aromatic heterocycles. The molecule has 0 bridgehead atoms. The second-order valence-corrected chi connectivity index (χ2v) is 5.97. The smallest absolute Gasteiger partial charge is 0.180 e. The summed E-state index contributed by atoms with van der Waals surface area (Å²) in [5.41, 5.74) is 2.74. The first kappa shape index (κ1) is 14.1. The zero-order valence-corrected chi connectivity index (χ0v) is 13.4. The summed E-state index contributed by atoms with van der Waals surface area (Å²) in [6.07, 6.45) is 3.54. The molecule has 0 atom stereocenters. The van der Waals surface area contributed by atoms with E-state index in [1.807, 2.05) is 16.7 Å². The average molecular weight is 317 g/mol. The van der Waals surface area contributed by atoms with Crippen LogP contribution in [0.3, 0.4) is 0 Å². The molecule has 3 aromatic rings. The molecule has 3 heterocycles. The first-order valence-electron chi connectivity index (χ1n) is 6.68. The Labute approximate surface area is 132 Å². The number of hydrogen-bond donors (Lipinski definition) is 2. The number of aromatic nitrogens is 5. The van der Waals surface area contributed by atoms with Crippen molar-refractivity contribution in [1.29, 1.82) is 0 Å². The van der Waals surface area contributed by atoms with Crippen LogP contribution in [0, 0.1) is 9.41 Å². The maximum atomic E-state index is 5.41. The van der Waals surface area contributed by atoms with Gasteiger partial charge in [0, 0.05) is 18.3 Å². The predicted molar refractivity (Wildman–Crippen MR) is 87.5 cm³/mol. The summed E-state index contributed by atoms with van der Waals surface area (Å²) in [6, 6.07) is 3.93. The lowest BCUT2D eigenvalue weighted by molar-refractivity contribution is 0.764. The topological polar surface area (TPSA) is 62.3 Å². The Kier molecular flexibility index (Phi) is 3.69. The van der Waals surface area contributed by atoms with E-state index in [4.69, 9.17) is 24.4 Å². The molecule has 0 aliphatic rings. The second-order valence-electron chi connectivity index (χ2n) is 5.18. The molecule has 0 aromatic carbocycles. The van der Waals surface area contributed by atoms with Crippen LogP contribution in [0.1, 0.15) is 31.2 Å². The molecular formula is C14H15N5S2. The molecule has 7 heteroatoms. The van der Waals surface area contributed by atoms with Gasteiger partial charge in [0.2, 0.25) is 0 Å². The summed E-state index contributed by atoms with van der Waals surface area (Å²) in [7, 11) is 0. The van der Waals surface area contributed by atoms with Crippen molar-refractivity contribution in [2.45, 2.75) is 26.3 Å². The van der Waals surface area contributed by atoms with E-state index in [1.54, 1.807) is 12.4 Å². The molecule has 0 saturated carbocycles. The van der Waals surface area contributed by atoms with E-state index in [0.717, 1.165) is 22.6 Å². The normalized spacial score (nSPS) is 11.4. The molecule has 0 saturated heterocycles. The number of H-pyrrole nitrogens is 2. The van der Waals surface area contributed by atoms with Crippen LogP contribution in [-0.4, -0.2) is 24.5 Å². The lowest BCUT2D eigenvalue weighted by Gasteiger charge is -2.07. The van der Waals surface area contributed by atoms with Gasteiger partial charge in [0.05, 0.1) is 6.54 Å². The van der Waals surface area contributed by atoms with Crippen molar-refractivity contribution in [3.8, 4) is 0 Å². The van der Waals surface area contributed by atoms with Gasteiger partial charge in [0.25, 0.3) is 0 Å². The molecule has 0 spiro atoms. The standard InChI is InChI=1S/C14H15N5S2/c1-8(2)11-16-10-12(17-11)19(14(21)18-13(10)20)7-9-3-5-15-6-4-9/h3-6,8H,7H2,1-2H3,(H,16,17)(H,18,20,21). The predicted octanol–water partition coefficient (Wildman–Crippen LogP) is 3.72. The van der Waals surface area contributed by atoms with E-state index in [-0.39, 0.29) is 0 Å². The number of fused-ring (bicyclic) bond motifs is 1. The van der Waals surface area contributed by atoms with E-state index in [0.29, 0.717) is 21.9 Å². The molecule has 0 radical (unpaired) electrons. The summed E-state index contributed by atoms with van der Waals surface area (Å²) in [4.78, 5) is 15.1. The molecule has 0 amide bonds. The third-order valence-electron chi connectivity index (χ3n) is 3.29. The Morgan fingerprint density at radius 3 is 2.57 bits per heavy atom. The Morgan fingerprint density at radius 1 is 1.19 bits per heavy atom. The van der Waals surface area contributed by atoms with Gasteiger partial charge in [-0.1, -0.05) is 26.1 Å². The Morgan fingerprint density at radius 2 is 1.90 bits per heavy atom. The van der Waals surface area contributed by atoms with Crippen LogP contribution in [-0.2, 0) is 6.54 Å². The van der Waals surface area contributed by atoms with Gasteiger partial charge in [-0.05, 0) is 29.9 Å². The molecule has 0 unspecified atom stereocenters. The fourth-order valence-corrected chi connectivity index (χ4v) is 2.71. The van der Waals surface area contributed by atoms with Crippen molar-refractivity contribution in [3.05, 3.63) is 45.3 Å². The van der Waals surface area contributed by atoms with Gasteiger partial charge in [-0.3, -0.25) is 9.55 Å². The van der Waals surface area contributed by atoms with Gasteiger partial charge < -0.3 is 9.97 Å². The number of aromatic amines is 2. The van der Waals surface area contributed by atoms with Gasteiger partial charge >= 0.3 is 0 Å². The minimum atomic E-state index is 0.301. The summed E-state index contributed by atoms with van der Waals surface area (Å²) in [6.45, 7) is 4.81. The van der Waals surface area contributed by atoms with E-state index in [9.17, 15) is 0 Å². The fourth-order valence-electron chi connectivity index (χ4n) is 2.15. The molecule has 3 rings (SSSR count). The highest BCUT2D eigenvalue weighted by Crippen LogP contribution is 2.18. The van der Waals surface area contributed by atoms with Crippen molar-refractivity contribution in [3.63, 3.8) is 0 Å². The number of imidazole rings is 1. The average Bonchev–Trinajstić information content (AvgIpc) is 2.90. The Balaban J connectivity index is 2.22. The van der Waals surface area contributed by atoms with Crippen LogP contribution in [0.2, 0.25) is 0 Å². The molecule has 0 fully saturated rings. The quantitative estimate of drug-likeness (QED) is 0.723. The SMILES string of the molecule is CC(C)c1nc2c([nH]1)c(=S)[nH]c(=S)n2Cc1ccncc1. The van der Waals surface area contributed by atoms with Gasteiger partial charge in [0.1, 0.15) is 16.0 Å². The van der Waals surface area contributed by atoms with Crippen molar-refractivity contribution in [2.24, 2.45) is 0 Å². The molecular weight excluding hydrogens is 302 g/mol. The largest absolute Gasteiger partial charge is 0.338 e. The third kappa shape index (κ3) is 2.66. The number of nitrogens with zero attached hydrogens (tertiary/aromatic N) is 3. The highest BCUT2D eigenvalue weighted by molar-refractivity contribution is 7.72. The van der Waals surface area contributed by atoms with E-state index >= 15 is 0 Å². The third-order valence-corrected chi connectivity index (χ3v) is 3.92. The zero-order valence-electron chi connectivity index (χ0n) is 11.8. The summed E-state index contributed by atoms with van der Waals surface area (Å²) in [5, 5.41) is 0. The van der Waals surface area contributed by atoms with E-state index in [2.05, 4.69) is 33.8 Å². The zero-order chi connectivity index (χ0) is 15.0. The Hall–Kier alpha value is -1.86. The maximum Gasteiger partial charge on any atom is 0.180 e. The lowest BCUT2D eigenvalue weighted by Crippen LogP contribution is -2.06. The number of pyridine rings is 1. The molecule has 5 nitrogen and oxygen atoms in total. The minimum absolute atomic E-state index is 0.301. The highest BCUT2D eigenvalue weighted by atomic mass is 32.1. The number of hydrogen-bond acceptors (Lipinski definition) is 4. The molecule has 21 heavy (non-hydrogen) atoms. The molecule has 108 valence electrons. The second kappa shape index (κ2) is 5.50. The van der Waals surface area contributed by atoms with Crippen molar-refractivity contribution < 1.29 is 0 Å². The summed E-state index contributed by atoms with van der Waals surface area (Å²) < 4.78 is 3.13. The number of nitrogens with one attached hydrogen (secondary N) is 2. The monoisotopic (exact) mass is 317 g/mol. The summed E-state index contributed by atoms with van der Waals surface area (Å²) >= 11 is 10.8. The van der Waals surface area contributed by atoms with E-state index in [1.165, 1.54) is 0 Å². The van der Waals surface area contributed by atoms with Gasteiger partial charge in [-0.2, -0.15) is 0 Å². The first-order chi connectivity index (χ1) is 10.1. The first-order valence-corrected chi connectivity index (χ1v) is 7.49. The molecule has 0 aliphatic carbocycles. The van der Waals surface area contributed by atoms with E-state index < -0.39 is 0 Å². The molecule has 2 N–H and O–H groups in total. The van der Waals surface area contributed by atoms with Crippen molar-refractivity contribution >= 4 is 35.6 Å². The van der Waals surface area contributed by atoms with Gasteiger partial charge in [0.15, 0.2) is 10.4 Å². The fraction of sp³-hybridized carbons (Fsp3) is 0.286. The van der Waals surface area contributed by atoms with Crippen LogP contribution >= 0.6 is 24.4 Å². The van der Waals surface area contributed by atoms with Crippen LogP contribution in [0.4, 0.5) is 0 Å². The van der Waals surface area contributed by atoms with Gasteiger partial charge in [-0.25, -0.2) is 4.98 Å². The minimum Gasteiger partial charge on any atom is -0.338 e. The Bertz CT molecular complexity index is 889. The van der Waals surface area contributed by atoms with Crippen molar-refractivity contribution in [2.75, 3.05) is 0 Å². The van der Waals surface area contributed by atoms with Crippen LogP contribution in [0.5, 0.6) is 0 Å². The van der Waals surface area contributed by atoms with Gasteiger partial charge in [-0.15, -0.1) is 0 Å². The molecule has 0 aliphatic heterocycles. The van der Waals surface area contributed by atoms with Crippen molar-refractivity contribution in [1.82, 2.24) is 24.5 Å². The summed E-state index contributed by atoms with van der Waals surface area (Å²) in [5.74, 6) is 1.21. The lowest BCUT2D eigenvalue weighted by atomic mass is 10.2. The highest BCUT2D eigenvalue weighted by Gasteiger charge is 2.12. The van der Waals surface area contributed by atoms with Crippen LogP contribution < -0.4 is 0 Å². The van der Waals surface area contributed by atoms with Crippen LogP contribution in [0.15, 0.2) is 24.5 Å².